The second kappa shape index (κ2) is 14.3. The average molecular weight is 702 g/mol. The first-order chi connectivity index (χ1) is 24.0. The minimum atomic E-state index is -1.07. The molecule has 1 spiro atoms. The van der Waals surface area contributed by atoms with Gasteiger partial charge >= 0.3 is 5.97 Å². The van der Waals surface area contributed by atoms with Gasteiger partial charge in [-0.2, -0.15) is 0 Å². The summed E-state index contributed by atoms with van der Waals surface area (Å²) in [5.41, 5.74) is 4.57. The van der Waals surface area contributed by atoms with Crippen LogP contribution in [0.2, 0.25) is 5.02 Å². The minimum absolute atomic E-state index is 0.0455. The first-order valence-corrected chi connectivity index (χ1v) is 18.9. The molecule has 4 aliphatic rings. The number of halogens is 1. The van der Waals surface area contributed by atoms with E-state index in [-0.39, 0.29) is 11.5 Å². The van der Waals surface area contributed by atoms with Gasteiger partial charge in [-0.15, -0.1) is 0 Å². The number of nitrogens with one attached hydrogen (secondary N) is 1. The van der Waals surface area contributed by atoms with E-state index in [1.54, 1.807) is 0 Å². The van der Waals surface area contributed by atoms with Crippen molar-refractivity contribution in [1.29, 1.82) is 0 Å². The van der Waals surface area contributed by atoms with Crippen molar-refractivity contribution in [3.8, 4) is 17.2 Å². The summed E-state index contributed by atoms with van der Waals surface area (Å²) in [6.45, 7) is 6.67. The monoisotopic (exact) mass is 701 g/mol. The summed E-state index contributed by atoms with van der Waals surface area (Å²) >= 11 is 6.30. The Hall–Kier alpha value is -3.49. The van der Waals surface area contributed by atoms with Crippen molar-refractivity contribution in [2.75, 3.05) is 39.2 Å². The van der Waals surface area contributed by atoms with Crippen molar-refractivity contribution in [3.05, 3.63) is 76.1 Å². The topological polar surface area (TPSA) is 93.2 Å². The van der Waals surface area contributed by atoms with Crippen LogP contribution in [0.1, 0.15) is 93.5 Å². The van der Waals surface area contributed by atoms with Gasteiger partial charge in [0.1, 0.15) is 17.4 Å². The summed E-state index contributed by atoms with van der Waals surface area (Å²) in [6, 6.07) is 13.9. The van der Waals surface area contributed by atoms with Crippen LogP contribution < -0.4 is 19.5 Å². The summed E-state index contributed by atoms with van der Waals surface area (Å²) in [7, 11) is 4.14. The molecule has 0 radical (unpaired) electrons. The van der Waals surface area contributed by atoms with Crippen LogP contribution in [-0.2, 0) is 23.1 Å². The van der Waals surface area contributed by atoms with E-state index >= 15 is 0 Å². The van der Waals surface area contributed by atoms with Gasteiger partial charge in [0, 0.05) is 41.1 Å². The number of likely N-dealkylation sites (N-methyl/N-ethyl adjacent to an activating group) is 1. The van der Waals surface area contributed by atoms with E-state index in [4.69, 9.17) is 25.8 Å². The smallest absolute Gasteiger partial charge is 0.329 e. The number of ether oxygens (including phenoxy) is 3. The molecule has 9 heteroatoms. The zero-order valence-corrected chi connectivity index (χ0v) is 30.7. The normalized spacial score (nSPS) is 27.7. The van der Waals surface area contributed by atoms with Crippen LogP contribution in [0.25, 0.3) is 0 Å². The Bertz CT molecular complexity index is 1700. The first kappa shape index (κ1) is 34.9. The van der Waals surface area contributed by atoms with Crippen molar-refractivity contribution < 1.29 is 24.1 Å². The fourth-order valence-corrected chi connectivity index (χ4v) is 9.58. The number of anilines is 1. The van der Waals surface area contributed by atoms with E-state index in [0.29, 0.717) is 48.8 Å². The van der Waals surface area contributed by atoms with Gasteiger partial charge in [-0.25, -0.2) is 4.79 Å². The lowest BCUT2D eigenvalue weighted by molar-refractivity contribution is -0.144. The number of aromatic nitrogens is 1. The number of hydrogen-bond donors (Lipinski definition) is 2. The lowest BCUT2D eigenvalue weighted by Gasteiger charge is -2.47. The number of aryl methyl sites for hydroxylation is 1. The highest BCUT2D eigenvalue weighted by Gasteiger charge is 2.54. The van der Waals surface area contributed by atoms with E-state index in [9.17, 15) is 9.90 Å². The summed E-state index contributed by atoms with van der Waals surface area (Å²) in [6.07, 6.45) is 10.6. The van der Waals surface area contributed by atoms with Crippen LogP contribution in [0.5, 0.6) is 17.2 Å². The molecule has 2 heterocycles. The summed E-state index contributed by atoms with van der Waals surface area (Å²) in [4.78, 5) is 19.9. The SMILES string of the molecule is C[C@@H](COc1ccnc2c1[C@H](C)CCC2)CC1Cc2cc3c(cc2C12CCC(Nc1cccc(Cl)c1)(C(=O)O)CC2)OC(CN(C)C)CCO3. The number of carboxylic acid groups (broad SMARTS) is 1. The van der Waals surface area contributed by atoms with E-state index in [1.165, 1.54) is 35.2 Å². The maximum Gasteiger partial charge on any atom is 0.329 e. The van der Waals surface area contributed by atoms with Crippen molar-refractivity contribution >= 4 is 23.3 Å². The molecular weight excluding hydrogens is 650 g/mol. The average Bonchev–Trinajstić information content (AvgIpc) is 3.20. The molecule has 0 bridgehead atoms. The Kier molecular flexibility index (Phi) is 9.97. The number of hydrogen-bond acceptors (Lipinski definition) is 7. The Morgan fingerprint density at radius 1 is 1.14 bits per heavy atom. The van der Waals surface area contributed by atoms with Crippen LogP contribution >= 0.6 is 11.6 Å². The summed E-state index contributed by atoms with van der Waals surface area (Å²) in [5.74, 6) is 2.91. The molecule has 50 heavy (non-hydrogen) atoms. The van der Waals surface area contributed by atoms with Gasteiger partial charge in [0.05, 0.1) is 13.2 Å². The van der Waals surface area contributed by atoms with Gasteiger partial charge in [-0.1, -0.05) is 31.5 Å². The zero-order chi connectivity index (χ0) is 35.0. The van der Waals surface area contributed by atoms with Gasteiger partial charge in [-0.3, -0.25) is 4.98 Å². The predicted octanol–water partition coefficient (Wildman–Crippen LogP) is 8.29. The highest BCUT2D eigenvalue weighted by Crippen LogP contribution is 2.58. The van der Waals surface area contributed by atoms with Crippen LogP contribution in [0.15, 0.2) is 48.7 Å². The molecule has 0 saturated heterocycles. The fraction of sp³-hybridized carbons (Fsp3) is 0.561. The molecule has 1 aromatic heterocycles. The third-order valence-electron chi connectivity index (χ3n) is 11.9. The molecular formula is C41H52ClN3O5. The number of pyridine rings is 1. The molecule has 1 saturated carbocycles. The molecule has 268 valence electrons. The molecule has 8 nitrogen and oxygen atoms in total. The maximum absolute atomic E-state index is 13.0. The van der Waals surface area contributed by atoms with Crippen molar-refractivity contribution in [1.82, 2.24) is 9.88 Å². The van der Waals surface area contributed by atoms with Crippen LogP contribution in [0.3, 0.4) is 0 Å². The largest absolute Gasteiger partial charge is 0.493 e. The number of benzene rings is 2. The first-order valence-electron chi connectivity index (χ1n) is 18.5. The molecule has 2 unspecified atom stereocenters. The highest BCUT2D eigenvalue weighted by molar-refractivity contribution is 6.30. The Balaban J connectivity index is 1.16. The number of rotatable bonds is 10. The number of carbonyl (C=O) groups is 1. The van der Waals surface area contributed by atoms with Gasteiger partial charge in [0.15, 0.2) is 11.5 Å². The second-order valence-corrected chi connectivity index (χ2v) is 16.2. The number of carboxylic acids is 1. The van der Waals surface area contributed by atoms with Crippen molar-refractivity contribution in [2.24, 2.45) is 11.8 Å². The Morgan fingerprint density at radius 2 is 1.96 bits per heavy atom. The molecule has 0 amide bonds. The van der Waals surface area contributed by atoms with Gasteiger partial charge in [-0.05, 0) is 143 Å². The minimum Gasteiger partial charge on any atom is -0.493 e. The van der Waals surface area contributed by atoms with Gasteiger partial charge in [0.25, 0.3) is 0 Å². The van der Waals surface area contributed by atoms with Crippen LogP contribution in [-0.4, -0.2) is 66.5 Å². The summed E-state index contributed by atoms with van der Waals surface area (Å²) < 4.78 is 19.5. The van der Waals surface area contributed by atoms with E-state index < -0.39 is 11.5 Å². The number of aliphatic carboxylic acids is 1. The number of nitrogens with zero attached hydrogens (tertiary/aromatic N) is 2. The maximum atomic E-state index is 13.0. The fourth-order valence-electron chi connectivity index (χ4n) is 9.39. The number of fused-ring (bicyclic) bond motifs is 4. The Labute approximate surface area is 301 Å². The highest BCUT2D eigenvalue weighted by atomic mass is 35.5. The zero-order valence-electron chi connectivity index (χ0n) is 30.0. The molecule has 7 rings (SSSR count). The van der Waals surface area contributed by atoms with Gasteiger partial charge in [0.2, 0.25) is 0 Å². The summed E-state index contributed by atoms with van der Waals surface area (Å²) in [5, 5.41) is 14.7. The molecule has 2 aromatic carbocycles. The third kappa shape index (κ3) is 6.90. The van der Waals surface area contributed by atoms with E-state index in [1.807, 2.05) is 36.5 Å². The third-order valence-corrected chi connectivity index (χ3v) is 12.1. The van der Waals surface area contributed by atoms with Gasteiger partial charge < -0.3 is 29.5 Å². The molecule has 3 aromatic rings. The molecule has 3 aliphatic carbocycles. The molecule has 1 fully saturated rings. The van der Waals surface area contributed by atoms with Crippen LogP contribution in [0.4, 0.5) is 5.69 Å². The standard InChI is InChI=1S/C41H52ClN3O5/c1-26(25-49-35-11-17-43-34-10-5-7-27(2)38(34)35)19-29-20-28-21-36-37(50-32(12-18-48-36)24-45(3)4)23-33(28)40(29)13-15-41(16-14-40,39(46)47)44-31-9-6-8-30(42)22-31/h6,8-9,11,17,21-23,26-27,29,32,44H,5,7,10,12-16,18-20,24-25H2,1-4H3,(H,46,47)/t26-,27-,29?,32?,40?,41?/m1/s1. The molecule has 1 aliphatic heterocycles. The molecule has 4 atom stereocenters. The van der Waals surface area contributed by atoms with E-state index in [0.717, 1.165) is 68.0 Å². The Morgan fingerprint density at radius 3 is 2.72 bits per heavy atom. The lowest BCUT2D eigenvalue weighted by Crippen LogP contribution is -2.53. The quantitative estimate of drug-likeness (QED) is 0.218. The predicted molar refractivity (Wildman–Crippen MR) is 197 cm³/mol. The molecule has 2 N–H and O–H groups in total. The lowest BCUT2D eigenvalue weighted by atomic mass is 9.59. The van der Waals surface area contributed by atoms with Crippen molar-refractivity contribution in [2.45, 2.75) is 101 Å². The second-order valence-electron chi connectivity index (χ2n) is 15.8. The van der Waals surface area contributed by atoms with Crippen LogP contribution in [0, 0.1) is 11.8 Å². The van der Waals surface area contributed by atoms with Crippen molar-refractivity contribution in [3.63, 3.8) is 0 Å². The van der Waals surface area contributed by atoms with E-state index in [2.05, 4.69) is 55.3 Å².